The molecule has 1 aromatic carbocycles. The number of nitrogens with one attached hydrogen (secondary N) is 1. The Morgan fingerprint density at radius 1 is 1.27 bits per heavy atom. The Morgan fingerprint density at radius 2 is 2.07 bits per heavy atom. The number of thiophene rings is 1. The summed E-state index contributed by atoms with van der Waals surface area (Å²) >= 11 is 1.04. The fourth-order valence-electron chi connectivity index (χ4n) is 3.08. The van der Waals surface area contributed by atoms with Crippen molar-refractivity contribution in [3.63, 3.8) is 0 Å². The summed E-state index contributed by atoms with van der Waals surface area (Å²) in [6, 6.07) is 8.61. The van der Waals surface area contributed by atoms with E-state index in [2.05, 4.69) is 14.9 Å². The van der Waals surface area contributed by atoms with Crippen LogP contribution in [-0.4, -0.2) is 49.6 Å². The Labute approximate surface area is 177 Å². The molecule has 0 spiro atoms. The second-order valence-corrected chi connectivity index (χ2v) is 9.65. The monoisotopic (exact) mass is 448 g/mol. The minimum Gasteiger partial charge on any atom is -0.497 e. The van der Waals surface area contributed by atoms with Crippen molar-refractivity contribution in [3.05, 3.63) is 47.2 Å². The number of benzene rings is 1. The molecule has 30 heavy (non-hydrogen) atoms. The summed E-state index contributed by atoms with van der Waals surface area (Å²) in [6.07, 6.45) is 1.92. The molecule has 3 heterocycles. The van der Waals surface area contributed by atoms with Crippen molar-refractivity contribution in [2.24, 2.45) is 0 Å². The van der Waals surface area contributed by atoms with Crippen LogP contribution in [0.15, 0.2) is 44.3 Å². The SMILES string of the molecule is COc1cccc(CNS(=O)(=O)c2cc(-c3nnc(C(=O)N4CCCC4)o3)cs2)c1. The minimum atomic E-state index is -3.73. The first-order valence-corrected chi connectivity index (χ1v) is 11.7. The molecule has 4 rings (SSSR count). The lowest BCUT2D eigenvalue weighted by atomic mass is 10.2. The van der Waals surface area contributed by atoms with Gasteiger partial charge in [0.1, 0.15) is 9.96 Å². The van der Waals surface area contributed by atoms with Crippen LogP contribution in [0.25, 0.3) is 11.5 Å². The van der Waals surface area contributed by atoms with Crippen LogP contribution in [0.5, 0.6) is 5.75 Å². The zero-order chi connectivity index (χ0) is 21.1. The average molecular weight is 449 g/mol. The zero-order valence-corrected chi connectivity index (χ0v) is 17.8. The van der Waals surface area contributed by atoms with Crippen LogP contribution >= 0.6 is 11.3 Å². The molecule has 0 bridgehead atoms. The number of hydrogen-bond acceptors (Lipinski definition) is 8. The molecular weight excluding hydrogens is 428 g/mol. The van der Waals surface area contributed by atoms with Crippen LogP contribution < -0.4 is 9.46 Å². The molecule has 0 saturated carbocycles. The highest BCUT2D eigenvalue weighted by Crippen LogP contribution is 2.28. The number of rotatable bonds is 7. The van der Waals surface area contributed by atoms with Crippen molar-refractivity contribution >= 4 is 27.3 Å². The fraction of sp³-hybridized carbons (Fsp3) is 0.316. The molecule has 158 valence electrons. The highest BCUT2D eigenvalue weighted by molar-refractivity contribution is 7.91. The first kappa shape index (κ1) is 20.5. The lowest BCUT2D eigenvalue weighted by Gasteiger charge is -2.11. The Morgan fingerprint density at radius 3 is 2.83 bits per heavy atom. The topological polar surface area (TPSA) is 115 Å². The van der Waals surface area contributed by atoms with E-state index in [0.717, 1.165) is 29.7 Å². The molecule has 1 saturated heterocycles. The van der Waals surface area contributed by atoms with E-state index in [4.69, 9.17) is 9.15 Å². The second kappa shape index (κ2) is 8.54. The first-order chi connectivity index (χ1) is 14.5. The van der Waals surface area contributed by atoms with E-state index in [1.165, 1.54) is 6.07 Å². The third-order valence-corrected chi connectivity index (χ3v) is 7.53. The van der Waals surface area contributed by atoms with Gasteiger partial charge in [0.05, 0.1) is 12.7 Å². The van der Waals surface area contributed by atoms with Gasteiger partial charge < -0.3 is 14.1 Å². The van der Waals surface area contributed by atoms with Crippen LogP contribution in [0.1, 0.15) is 29.1 Å². The van der Waals surface area contributed by atoms with Crippen LogP contribution in [0, 0.1) is 0 Å². The van der Waals surface area contributed by atoms with E-state index in [1.54, 1.807) is 35.6 Å². The van der Waals surface area contributed by atoms with Crippen molar-refractivity contribution in [2.45, 2.75) is 23.6 Å². The van der Waals surface area contributed by atoms with E-state index in [1.807, 2.05) is 6.07 Å². The van der Waals surface area contributed by atoms with Gasteiger partial charge >= 0.3 is 11.8 Å². The highest BCUT2D eigenvalue weighted by Gasteiger charge is 2.25. The Balaban J connectivity index is 1.46. The number of methoxy groups -OCH3 is 1. The highest BCUT2D eigenvalue weighted by atomic mass is 32.2. The molecule has 0 unspecified atom stereocenters. The first-order valence-electron chi connectivity index (χ1n) is 9.30. The van der Waals surface area contributed by atoms with Gasteiger partial charge in [-0.05, 0) is 36.6 Å². The summed E-state index contributed by atoms with van der Waals surface area (Å²) in [5.74, 6) is 0.386. The molecule has 9 nitrogen and oxygen atoms in total. The van der Waals surface area contributed by atoms with Gasteiger partial charge in [0.2, 0.25) is 15.9 Å². The maximum absolute atomic E-state index is 12.6. The molecule has 0 aliphatic carbocycles. The standard InChI is InChI=1S/C19H20N4O5S2/c1-27-15-6-4-5-13(9-15)11-20-30(25,26)16-10-14(12-29-16)17-21-22-18(28-17)19(24)23-7-2-3-8-23/h4-6,9-10,12,20H,2-3,7-8,11H2,1H3. The molecule has 1 fully saturated rings. The molecule has 11 heteroatoms. The maximum atomic E-state index is 12.6. The lowest BCUT2D eigenvalue weighted by molar-refractivity contribution is 0.0754. The molecule has 1 aliphatic rings. The normalized spacial score (nSPS) is 14.2. The number of carbonyl (C=O) groups is 1. The molecule has 0 radical (unpaired) electrons. The average Bonchev–Trinajstić information content (AvgIpc) is 3.52. The second-order valence-electron chi connectivity index (χ2n) is 6.74. The Bertz CT molecular complexity index is 1150. The summed E-state index contributed by atoms with van der Waals surface area (Å²) < 4.78 is 38.6. The molecule has 1 N–H and O–H groups in total. The smallest absolute Gasteiger partial charge is 0.311 e. The summed E-state index contributed by atoms with van der Waals surface area (Å²) in [4.78, 5) is 14.0. The fourth-order valence-corrected chi connectivity index (χ4v) is 5.30. The van der Waals surface area contributed by atoms with Crippen molar-refractivity contribution in [3.8, 4) is 17.2 Å². The van der Waals surface area contributed by atoms with Gasteiger partial charge in [-0.1, -0.05) is 12.1 Å². The number of carbonyl (C=O) groups excluding carboxylic acids is 1. The predicted molar refractivity (Wildman–Crippen MR) is 110 cm³/mol. The summed E-state index contributed by atoms with van der Waals surface area (Å²) in [5, 5.41) is 9.33. The minimum absolute atomic E-state index is 0.0846. The molecular formula is C19H20N4O5S2. The Hall–Kier alpha value is -2.76. The van der Waals surface area contributed by atoms with Crippen molar-refractivity contribution in [1.82, 2.24) is 19.8 Å². The molecule has 0 atom stereocenters. The molecule has 3 aromatic rings. The predicted octanol–water partition coefficient (Wildman–Crippen LogP) is 2.52. The van der Waals surface area contributed by atoms with E-state index >= 15 is 0 Å². The van der Waals surface area contributed by atoms with Gasteiger partial charge in [-0.15, -0.1) is 21.5 Å². The summed E-state index contributed by atoms with van der Waals surface area (Å²) in [7, 11) is -2.17. The molecule has 1 amide bonds. The number of likely N-dealkylation sites (tertiary alicyclic amines) is 1. The van der Waals surface area contributed by atoms with Crippen LogP contribution in [0.4, 0.5) is 0 Å². The van der Waals surface area contributed by atoms with Crippen molar-refractivity contribution < 1.29 is 22.4 Å². The molecule has 1 aliphatic heterocycles. The van der Waals surface area contributed by atoms with Gasteiger partial charge in [-0.3, -0.25) is 4.79 Å². The van der Waals surface area contributed by atoms with Gasteiger partial charge in [-0.2, -0.15) is 0 Å². The number of hydrogen-bond donors (Lipinski definition) is 1. The number of aromatic nitrogens is 2. The van der Waals surface area contributed by atoms with Crippen molar-refractivity contribution in [2.75, 3.05) is 20.2 Å². The van der Waals surface area contributed by atoms with Crippen LogP contribution in [-0.2, 0) is 16.6 Å². The number of nitrogens with zero attached hydrogens (tertiary/aromatic N) is 3. The van der Waals surface area contributed by atoms with Gasteiger partial charge in [-0.25, -0.2) is 13.1 Å². The summed E-state index contributed by atoms with van der Waals surface area (Å²) in [5.41, 5.74) is 1.23. The van der Waals surface area contributed by atoms with Gasteiger partial charge in [0.25, 0.3) is 0 Å². The van der Waals surface area contributed by atoms with Crippen LogP contribution in [0.2, 0.25) is 0 Å². The zero-order valence-electron chi connectivity index (χ0n) is 16.2. The quantitative estimate of drug-likeness (QED) is 0.591. The molecule has 2 aromatic heterocycles. The van der Waals surface area contributed by atoms with E-state index in [9.17, 15) is 13.2 Å². The maximum Gasteiger partial charge on any atom is 0.311 e. The third kappa shape index (κ3) is 4.37. The number of sulfonamides is 1. The van der Waals surface area contributed by atoms with E-state index in [-0.39, 0.29) is 28.4 Å². The third-order valence-electron chi connectivity index (χ3n) is 4.69. The number of ether oxygens (including phenoxy) is 1. The van der Waals surface area contributed by atoms with Crippen molar-refractivity contribution in [1.29, 1.82) is 0 Å². The van der Waals surface area contributed by atoms with Gasteiger partial charge in [0, 0.05) is 25.0 Å². The summed E-state index contributed by atoms with van der Waals surface area (Å²) in [6.45, 7) is 1.48. The number of amides is 1. The Kier molecular flexibility index (Phi) is 5.84. The lowest BCUT2D eigenvalue weighted by Crippen LogP contribution is -2.27. The van der Waals surface area contributed by atoms with E-state index < -0.39 is 10.0 Å². The van der Waals surface area contributed by atoms with Gasteiger partial charge in [0.15, 0.2) is 0 Å². The van der Waals surface area contributed by atoms with E-state index in [0.29, 0.717) is 24.4 Å². The largest absolute Gasteiger partial charge is 0.497 e. The van der Waals surface area contributed by atoms with Crippen LogP contribution in [0.3, 0.4) is 0 Å².